The minimum absolute atomic E-state index is 0.139. The number of carboxylic acids is 1. The third kappa shape index (κ3) is 5.81. The van der Waals surface area contributed by atoms with Crippen molar-refractivity contribution in [2.45, 2.75) is 31.2 Å². The maximum absolute atomic E-state index is 13.6. The van der Waals surface area contributed by atoms with Gasteiger partial charge in [0.15, 0.2) is 11.6 Å². The molecule has 9 rings (SSSR count). The molecule has 5 nitrogen and oxygen atoms in total. The van der Waals surface area contributed by atoms with E-state index in [4.69, 9.17) is 0 Å². The van der Waals surface area contributed by atoms with Crippen molar-refractivity contribution < 1.29 is 19.5 Å². The minimum Gasteiger partial charge on any atom is -0.478 e. The van der Waals surface area contributed by atoms with Crippen molar-refractivity contribution in [2.24, 2.45) is 0 Å². The molecule has 256 valence electrons. The predicted octanol–water partition coefficient (Wildman–Crippen LogP) is 10.9. The van der Waals surface area contributed by atoms with E-state index in [1.54, 1.807) is 24.3 Å². The molecular weight excluding hydrogens is 655 g/mol. The molecule has 5 heteroatoms. The number of rotatable bonds is 7. The van der Waals surface area contributed by atoms with Crippen LogP contribution < -0.4 is 4.90 Å². The Bertz CT molecular complexity index is 2500. The highest BCUT2D eigenvalue weighted by molar-refractivity contribution is 6.42. The van der Waals surface area contributed by atoms with Gasteiger partial charge in [-0.15, -0.1) is 0 Å². The number of aromatic carboxylic acids is 1. The van der Waals surface area contributed by atoms with Crippen molar-refractivity contribution in [1.82, 2.24) is 0 Å². The zero-order chi connectivity index (χ0) is 36.1. The molecule has 1 saturated carbocycles. The topological polar surface area (TPSA) is 74.7 Å². The lowest BCUT2D eigenvalue weighted by atomic mass is 9.95. The molecule has 2 atom stereocenters. The van der Waals surface area contributed by atoms with Crippen LogP contribution in [0, 0.1) is 0 Å². The Labute approximate surface area is 307 Å². The van der Waals surface area contributed by atoms with Crippen LogP contribution in [0.4, 0.5) is 11.4 Å². The summed E-state index contributed by atoms with van der Waals surface area (Å²) in [5, 5.41) is 10.8. The largest absolute Gasteiger partial charge is 0.478 e. The lowest BCUT2D eigenvalue weighted by Gasteiger charge is -2.27. The number of carbonyl (C=O) groups excluding carboxylic acids is 2. The Morgan fingerprint density at radius 3 is 2.00 bits per heavy atom. The summed E-state index contributed by atoms with van der Waals surface area (Å²) in [5.74, 6) is -1.28. The average molecular weight is 690 g/mol. The molecule has 3 aliphatic rings. The lowest BCUT2D eigenvalue weighted by Crippen LogP contribution is -2.26. The maximum atomic E-state index is 13.6. The van der Waals surface area contributed by atoms with Gasteiger partial charge in [0.2, 0.25) is 0 Å². The second kappa shape index (κ2) is 13.2. The molecule has 0 radical (unpaired) electrons. The SMILES string of the molecule is O=C(O)c1ccc2cc3c(cc2c1)C(=O)/C(=C\c1ccc2c(c1)C1CCCC1N2c1ccc(/C=C/C=C(c2ccccc2)c2ccccc2)cc1)C3=O. The van der Waals surface area contributed by atoms with Crippen LogP contribution in [0.5, 0.6) is 0 Å². The molecule has 2 unspecified atom stereocenters. The smallest absolute Gasteiger partial charge is 0.335 e. The molecule has 1 fully saturated rings. The van der Waals surface area contributed by atoms with Gasteiger partial charge in [0.25, 0.3) is 0 Å². The van der Waals surface area contributed by atoms with E-state index in [2.05, 4.69) is 108 Å². The van der Waals surface area contributed by atoms with E-state index in [0.29, 0.717) is 28.5 Å². The molecule has 2 aliphatic carbocycles. The summed E-state index contributed by atoms with van der Waals surface area (Å²) in [6.07, 6.45) is 11.5. The molecule has 0 amide bonds. The number of hydrogen-bond acceptors (Lipinski definition) is 4. The molecule has 0 aromatic heterocycles. The summed E-state index contributed by atoms with van der Waals surface area (Å²) in [4.78, 5) is 41.1. The molecule has 0 spiro atoms. The lowest BCUT2D eigenvalue weighted by molar-refractivity contribution is 0.0696. The number of nitrogens with zero attached hydrogens (tertiary/aromatic N) is 1. The zero-order valence-electron chi connectivity index (χ0n) is 28.9. The summed E-state index contributed by atoms with van der Waals surface area (Å²) >= 11 is 0. The minimum atomic E-state index is -1.04. The highest BCUT2D eigenvalue weighted by Gasteiger charge is 2.42. The number of carboxylic acid groups (broad SMARTS) is 1. The summed E-state index contributed by atoms with van der Waals surface area (Å²) in [6, 6.07) is 44.4. The second-order valence-electron chi connectivity index (χ2n) is 14.0. The summed E-state index contributed by atoms with van der Waals surface area (Å²) in [6.45, 7) is 0. The summed E-state index contributed by atoms with van der Waals surface area (Å²) < 4.78 is 0. The fourth-order valence-electron chi connectivity index (χ4n) is 8.39. The van der Waals surface area contributed by atoms with Crippen LogP contribution >= 0.6 is 0 Å². The Kier molecular flexibility index (Phi) is 8.04. The number of Topliss-reactive ketones (excluding diaryl/α,β-unsaturated/α-hetero) is 2. The molecule has 53 heavy (non-hydrogen) atoms. The normalized spacial score (nSPS) is 18.1. The number of carbonyl (C=O) groups is 3. The Morgan fingerprint density at radius 1 is 0.660 bits per heavy atom. The monoisotopic (exact) mass is 689 g/mol. The Morgan fingerprint density at radius 2 is 1.32 bits per heavy atom. The third-order valence-electron chi connectivity index (χ3n) is 10.9. The van der Waals surface area contributed by atoms with E-state index in [1.165, 1.54) is 40.1 Å². The number of anilines is 2. The van der Waals surface area contributed by atoms with Gasteiger partial charge >= 0.3 is 5.97 Å². The third-order valence-corrected chi connectivity index (χ3v) is 10.9. The van der Waals surface area contributed by atoms with Gasteiger partial charge in [-0.25, -0.2) is 4.79 Å². The molecule has 1 N–H and O–H groups in total. The average Bonchev–Trinajstić information content (AvgIpc) is 3.85. The number of fused-ring (bicyclic) bond motifs is 5. The van der Waals surface area contributed by atoms with Gasteiger partial charge in [0.1, 0.15) is 0 Å². The summed E-state index contributed by atoms with van der Waals surface area (Å²) in [5.41, 5.74) is 10.0. The van der Waals surface area contributed by atoms with E-state index < -0.39 is 5.97 Å². The number of hydrogen-bond donors (Lipinski definition) is 1. The molecule has 0 saturated heterocycles. The second-order valence-corrected chi connectivity index (χ2v) is 14.0. The van der Waals surface area contributed by atoms with Crippen LogP contribution in [0.15, 0.2) is 151 Å². The van der Waals surface area contributed by atoms with Crippen LogP contribution in [0.3, 0.4) is 0 Å². The molecule has 1 aliphatic heterocycles. The van der Waals surface area contributed by atoms with Crippen molar-refractivity contribution in [3.05, 3.63) is 196 Å². The van der Waals surface area contributed by atoms with Crippen molar-refractivity contribution in [3.8, 4) is 0 Å². The van der Waals surface area contributed by atoms with Gasteiger partial charge in [-0.2, -0.15) is 0 Å². The van der Waals surface area contributed by atoms with Crippen LogP contribution in [-0.4, -0.2) is 28.7 Å². The van der Waals surface area contributed by atoms with E-state index in [1.807, 2.05) is 18.2 Å². The number of ketones is 2. The number of benzene rings is 6. The predicted molar refractivity (Wildman–Crippen MR) is 212 cm³/mol. The van der Waals surface area contributed by atoms with Crippen LogP contribution in [-0.2, 0) is 0 Å². The van der Waals surface area contributed by atoms with Crippen molar-refractivity contribution in [3.63, 3.8) is 0 Å². The highest BCUT2D eigenvalue weighted by Crippen LogP contribution is 2.52. The first-order valence-corrected chi connectivity index (χ1v) is 18.1. The molecular formula is C48H35NO4. The molecule has 6 aromatic rings. The fourth-order valence-corrected chi connectivity index (χ4v) is 8.39. The van der Waals surface area contributed by atoms with Crippen molar-refractivity contribution in [1.29, 1.82) is 0 Å². The first-order valence-electron chi connectivity index (χ1n) is 18.1. The van der Waals surface area contributed by atoms with Crippen LogP contribution in [0.2, 0.25) is 0 Å². The van der Waals surface area contributed by atoms with Crippen molar-refractivity contribution in [2.75, 3.05) is 4.90 Å². The Hall–Kier alpha value is -6.59. The first kappa shape index (κ1) is 32.3. The van der Waals surface area contributed by atoms with E-state index in [-0.39, 0.29) is 22.7 Å². The van der Waals surface area contributed by atoms with Gasteiger partial charge in [0.05, 0.1) is 11.1 Å². The number of allylic oxidation sites excluding steroid dienone is 3. The summed E-state index contributed by atoms with van der Waals surface area (Å²) in [7, 11) is 0. The first-order chi connectivity index (χ1) is 25.9. The zero-order valence-corrected chi connectivity index (χ0v) is 28.9. The van der Waals surface area contributed by atoms with Gasteiger partial charge in [0, 0.05) is 34.5 Å². The Balaban J connectivity index is 0.983. The van der Waals surface area contributed by atoms with Gasteiger partial charge in [-0.1, -0.05) is 110 Å². The quantitative estimate of drug-likeness (QED) is 0.103. The van der Waals surface area contributed by atoms with Gasteiger partial charge < -0.3 is 10.0 Å². The van der Waals surface area contributed by atoms with Crippen LogP contribution in [0.25, 0.3) is 28.5 Å². The standard InChI is InChI=1S/C48H35NO4/c50-46-41-28-34-20-21-35(48(52)53)27-36(34)29-42(41)47(51)43(46)26-31-19-24-45-40(25-31)39-15-8-16-44(39)49(45)37-22-17-30(18-23-37)9-7-14-38(32-10-3-1-4-11-32)33-12-5-2-6-13-33/h1-7,9-14,17-29,39,44H,8,15-16H2,(H,52,53)/b9-7+,43-26-. The van der Waals surface area contributed by atoms with Crippen molar-refractivity contribution >= 4 is 57.4 Å². The molecule has 1 heterocycles. The van der Waals surface area contributed by atoms with E-state index in [9.17, 15) is 19.5 Å². The molecule has 0 bridgehead atoms. The van der Waals surface area contributed by atoms with Crippen LogP contribution in [0.1, 0.15) is 84.1 Å². The van der Waals surface area contributed by atoms with E-state index >= 15 is 0 Å². The highest BCUT2D eigenvalue weighted by atomic mass is 16.4. The van der Waals surface area contributed by atoms with E-state index in [0.717, 1.165) is 41.5 Å². The maximum Gasteiger partial charge on any atom is 0.335 e. The van der Waals surface area contributed by atoms with Gasteiger partial charge in [-0.3, -0.25) is 9.59 Å². The van der Waals surface area contributed by atoms with Gasteiger partial charge in [-0.05, 0) is 112 Å². The fraction of sp³-hybridized carbons (Fsp3) is 0.104. The molecule has 6 aromatic carbocycles.